The van der Waals surface area contributed by atoms with Gasteiger partial charge in [-0.05, 0) is 44.0 Å². The second-order valence-electron chi connectivity index (χ2n) is 6.97. The highest BCUT2D eigenvalue weighted by atomic mass is 16.5. The Labute approximate surface area is 140 Å². The Kier molecular flexibility index (Phi) is 7.56. The molecule has 0 radical (unpaired) electrons. The monoisotopic (exact) mass is 321 g/mol. The lowest BCUT2D eigenvalue weighted by molar-refractivity contribution is 0.0453. The van der Waals surface area contributed by atoms with E-state index in [1.807, 2.05) is 47.0 Å². The molecule has 4 nitrogen and oxygen atoms in total. The molecule has 0 amide bonds. The van der Waals surface area contributed by atoms with E-state index in [1.54, 1.807) is 0 Å². The minimum Gasteiger partial charge on any atom is -0.491 e. The van der Waals surface area contributed by atoms with E-state index >= 15 is 0 Å². The zero-order valence-electron chi connectivity index (χ0n) is 15.6. The number of likely N-dealkylation sites (N-methyl/N-ethyl adjacent to an activating group) is 1. The summed E-state index contributed by atoms with van der Waals surface area (Å²) in [6.45, 7) is 11.9. The van der Waals surface area contributed by atoms with Crippen LogP contribution < -0.4 is 4.74 Å². The first kappa shape index (κ1) is 19.5. The zero-order chi connectivity index (χ0) is 17.6. The van der Waals surface area contributed by atoms with Crippen LogP contribution in [0, 0.1) is 12.8 Å². The predicted octanol–water partition coefficient (Wildman–Crippen LogP) is 3.87. The quantitative estimate of drug-likeness (QED) is 0.681. The molecule has 0 aliphatic rings. The molecule has 4 heteroatoms. The Morgan fingerprint density at radius 1 is 1.17 bits per heavy atom. The van der Waals surface area contributed by atoms with Crippen LogP contribution in [0.5, 0.6) is 5.75 Å². The number of carbonyl (C=O) groups is 1. The molecular weight excluding hydrogens is 290 g/mol. The van der Waals surface area contributed by atoms with Crippen molar-refractivity contribution in [1.29, 1.82) is 0 Å². The summed E-state index contributed by atoms with van der Waals surface area (Å²) < 4.78 is 11.5. The Morgan fingerprint density at radius 2 is 1.83 bits per heavy atom. The second-order valence-corrected chi connectivity index (χ2v) is 6.97. The van der Waals surface area contributed by atoms with Gasteiger partial charge in [-0.15, -0.1) is 0 Å². The van der Waals surface area contributed by atoms with Crippen LogP contribution in [0.25, 0.3) is 0 Å². The summed E-state index contributed by atoms with van der Waals surface area (Å²) in [5, 5.41) is 0. The van der Waals surface area contributed by atoms with Crippen molar-refractivity contribution in [3.8, 4) is 5.75 Å². The van der Waals surface area contributed by atoms with Crippen molar-refractivity contribution in [3.05, 3.63) is 28.8 Å². The molecule has 0 fully saturated rings. The van der Waals surface area contributed by atoms with E-state index in [2.05, 4.69) is 18.7 Å². The average Bonchev–Trinajstić information content (AvgIpc) is 2.44. The molecule has 0 aliphatic carbocycles. The third kappa shape index (κ3) is 5.87. The predicted molar refractivity (Wildman–Crippen MR) is 94.4 cm³/mol. The molecule has 0 bridgehead atoms. The number of nitrogens with zero attached hydrogens (tertiary/aromatic N) is 1. The Morgan fingerprint density at radius 3 is 2.35 bits per heavy atom. The molecule has 1 aromatic carbocycles. The van der Waals surface area contributed by atoms with Crippen LogP contribution >= 0.6 is 0 Å². The minimum atomic E-state index is -0.293. The lowest BCUT2D eigenvalue weighted by atomic mass is 9.96. The maximum Gasteiger partial charge on any atom is 0.342 e. The van der Waals surface area contributed by atoms with E-state index in [1.165, 1.54) is 0 Å². The molecule has 0 saturated heterocycles. The normalized spacial score (nSPS) is 11.4. The third-order valence-corrected chi connectivity index (χ3v) is 3.56. The third-order valence-electron chi connectivity index (χ3n) is 3.56. The van der Waals surface area contributed by atoms with Gasteiger partial charge < -0.3 is 14.4 Å². The number of ether oxygens (including phenoxy) is 2. The number of carbonyl (C=O) groups excluding carboxylic acids is 1. The number of rotatable bonds is 8. The number of esters is 1. The molecule has 1 rings (SSSR count). The zero-order valence-corrected chi connectivity index (χ0v) is 15.6. The summed E-state index contributed by atoms with van der Waals surface area (Å²) in [6.07, 6.45) is 0. The smallest absolute Gasteiger partial charge is 0.342 e. The maximum absolute atomic E-state index is 12.5. The van der Waals surface area contributed by atoms with Gasteiger partial charge in [0.1, 0.15) is 17.9 Å². The van der Waals surface area contributed by atoms with E-state index in [0.29, 0.717) is 30.4 Å². The van der Waals surface area contributed by atoms with E-state index in [0.717, 1.165) is 17.7 Å². The van der Waals surface area contributed by atoms with E-state index in [4.69, 9.17) is 9.47 Å². The molecule has 0 saturated carbocycles. The van der Waals surface area contributed by atoms with Crippen molar-refractivity contribution >= 4 is 5.97 Å². The Bertz CT molecular complexity index is 522. The first-order valence-corrected chi connectivity index (χ1v) is 8.32. The lowest BCUT2D eigenvalue weighted by Gasteiger charge is -2.20. The number of aryl methyl sites for hydroxylation is 1. The average molecular weight is 321 g/mol. The molecule has 23 heavy (non-hydrogen) atoms. The summed E-state index contributed by atoms with van der Waals surface area (Å²) in [6, 6.07) is 4.02. The van der Waals surface area contributed by atoms with Crippen molar-refractivity contribution in [2.45, 2.75) is 40.5 Å². The van der Waals surface area contributed by atoms with Crippen molar-refractivity contribution in [2.24, 2.45) is 5.92 Å². The molecule has 0 spiro atoms. The molecule has 0 aliphatic heterocycles. The topological polar surface area (TPSA) is 38.8 Å². The number of hydrogen-bond donors (Lipinski definition) is 0. The molecule has 0 heterocycles. The van der Waals surface area contributed by atoms with Gasteiger partial charge in [0.2, 0.25) is 0 Å². The van der Waals surface area contributed by atoms with E-state index in [9.17, 15) is 4.79 Å². The highest BCUT2D eigenvalue weighted by Crippen LogP contribution is 2.33. The lowest BCUT2D eigenvalue weighted by Crippen LogP contribution is -2.21. The Hall–Kier alpha value is -1.55. The van der Waals surface area contributed by atoms with Crippen molar-refractivity contribution in [3.63, 3.8) is 0 Å². The molecule has 0 unspecified atom stereocenters. The van der Waals surface area contributed by atoms with Gasteiger partial charge in [-0.3, -0.25) is 0 Å². The van der Waals surface area contributed by atoms with E-state index < -0.39 is 0 Å². The number of benzene rings is 1. The van der Waals surface area contributed by atoms with Gasteiger partial charge in [0.15, 0.2) is 0 Å². The summed E-state index contributed by atoms with van der Waals surface area (Å²) in [5.74, 6) is 0.974. The molecule has 0 atom stereocenters. The van der Waals surface area contributed by atoms with Gasteiger partial charge in [-0.25, -0.2) is 4.79 Å². The van der Waals surface area contributed by atoms with Gasteiger partial charge in [0.25, 0.3) is 0 Å². The summed E-state index contributed by atoms with van der Waals surface area (Å²) >= 11 is 0. The van der Waals surface area contributed by atoms with Crippen LogP contribution in [0.2, 0.25) is 0 Å². The van der Waals surface area contributed by atoms with Gasteiger partial charge in [-0.1, -0.05) is 39.8 Å². The fourth-order valence-corrected chi connectivity index (χ4v) is 2.21. The van der Waals surface area contributed by atoms with Gasteiger partial charge in [0, 0.05) is 6.54 Å². The van der Waals surface area contributed by atoms with Gasteiger partial charge in [-0.2, -0.15) is 0 Å². The standard InChI is InChI=1S/C19H31NO3/c1-13(2)12-23-19(21)17-15(5)8-9-16(14(3)4)18(17)22-11-10-20(6)7/h8-9,13-14H,10-12H2,1-7H3. The first-order chi connectivity index (χ1) is 10.7. The largest absolute Gasteiger partial charge is 0.491 e. The first-order valence-electron chi connectivity index (χ1n) is 8.32. The minimum absolute atomic E-state index is 0.279. The highest BCUT2D eigenvalue weighted by Gasteiger charge is 2.22. The molecule has 130 valence electrons. The van der Waals surface area contributed by atoms with Crippen LogP contribution in [-0.4, -0.2) is 44.7 Å². The van der Waals surface area contributed by atoms with Gasteiger partial charge in [0.05, 0.1) is 6.61 Å². The number of hydrogen-bond acceptors (Lipinski definition) is 4. The van der Waals surface area contributed by atoms with Crippen LogP contribution in [0.4, 0.5) is 0 Å². The van der Waals surface area contributed by atoms with Gasteiger partial charge >= 0.3 is 5.97 Å². The summed E-state index contributed by atoms with van der Waals surface area (Å²) in [5.41, 5.74) is 2.50. The van der Waals surface area contributed by atoms with Crippen LogP contribution in [0.15, 0.2) is 12.1 Å². The van der Waals surface area contributed by atoms with Crippen molar-refractivity contribution < 1.29 is 14.3 Å². The fraction of sp³-hybridized carbons (Fsp3) is 0.632. The molecule has 1 aromatic rings. The molecular formula is C19H31NO3. The SMILES string of the molecule is Cc1ccc(C(C)C)c(OCCN(C)C)c1C(=O)OCC(C)C. The van der Waals surface area contributed by atoms with E-state index in [-0.39, 0.29) is 11.9 Å². The highest BCUT2D eigenvalue weighted by molar-refractivity contribution is 5.94. The van der Waals surface area contributed by atoms with Crippen LogP contribution in [0.3, 0.4) is 0 Å². The maximum atomic E-state index is 12.5. The molecule has 0 N–H and O–H groups in total. The van der Waals surface area contributed by atoms with Crippen molar-refractivity contribution in [1.82, 2.24) is 4.90 Å². The summed E-state index contributed by atoms with van der Waals surface area (Å²) in [4.78, 5) is 14.6. The summed E-state index contributed by atoms with van der Waals surface area (Å²) in [7, 11) is 4.00. The fourth-order valence-electron chi connectivity index (χ4n) is 2.21. The second kappa shape index (κ2) is 8.92. The van der Waals surface area contributed by atoms with Crippen LogP contribution in [0.1, 0.15) is 55.1 Å². The Balaban J connectivity index is 3.13. The molecule has 0 aromatic heterocycles. The van der Waals surface area contributed by atoms with Crippen LogP contribution in [-0.2, 0) is 4.74 Å². The van der Waals surface area contributed by atoms with Crippen molar-refractivity contribution in [2.75, 3.05) is 33.9 Å².